The van der Waals surface area contributed by atoms with Gasteiger partial charge >= 0.3 is 5.97 Å². The van der Waals surface area contributed by atoms with Gasteiger partial charge in [0.2, 0.25) is 0 Å². The van der Waals surface area contributed by atoms with Crippen LogP contribution in [-0.4, -0.2) is 19.5 Å². The van der Waals surface area contributed by atoms with E-state index in [4.69, 9.17) is 5.11 Å². The van der Waals surface area contributed by atoms with E-state index < -0.39 is 16.0 Å². The molecule has 5 nitrogen and oxygen atoms in total. The van der Waals surface area contributed by atoms with Crippen LogP contribution in [0, 0.1) is 0 Å². The predicted octanol–water partition coefficient (Wildman–Crippen LogP) is 3.70. The molecule has 0 radical (unpaired) electrons. The molecular weight excluding hydrogens is 314 g/mol. The number of anilines is 1. The summed E-state index contributed by atoms with van der Waals surface area (Å²) in [5, 5.41) is 9.12. The van der Waals surface area contributed by atoms with Crippen molar-refractivity contribution in [2.45, 2.75) is 31.1 Å². The average Bonchev–Trinajstić information content (AvgIpc) is 2.54. The first kappa shape index (κ1) is 17.0. The number of rotatable bonds is 6. The van der Waals surface area contributed by atoms with E-state index in [1.807, 2.05) is 0 Å². The van der Waals surface area contributed by atoms with E-state index in [1.54, 1.807) is 24.3 Å². The number of sulfonamides is 1. The molecule has 0 saturated heterocycles. The van der Waals surface area contributed by atoms with Gasteiger partial charge in [0, 0.05) is 0 Å². The molecule has 2 aromatic rings. The largest absolute Gasteiger partial charge is 0.478 e. The Morgan fingerprint density at radius 3 is 2.30 bits per heavy atom. The van der Waals surface area contributed by atoms with Gasteiger partial charge in [0.15, 0.2) is 0 Å². The smallest absolute Gasteiger partial charge is 0.337 e. The molecule has 2 aromatic carbocycles. The molecular formula is C17H19NO4S. The van der Waals surface area contributed by atoms with Crippen molar-refractivity contribution in [1.29, 1.82) is 0 Å². The minimum absolute atomic E-state index is 0.0472. The minimum Gasteiger partial charge on any atom is -0.478 e. The topological polar surface area (TPSA) is 83.5 Å². The van der Waals surface area contributed by atoms with E-state index in [0.717, 1.165) is 12.0 Å². The Kier molecular flexibility index (Phi) is 5.05. The third kappa shape index (κ3) is 3.90. The normalized spacial score (nSPS) is 12.6. The number of carbonyl (C=O) groups is 1. The summed E-state index contributed by atoms with van der Waals surface area (Å²) in [6.45, 7) is 4.14. The lowest BCUT2D eigenvalue weighted by molar-refractivity contribution is 0.0698. The van der Waals surface area contributed by atoms with E-state index in [2.05, 4.69) is 18.6 Å². The summed E-state index contributed by atoms with van der Waals surface area (Å²) in [6.07, 6.45) is 0.969. The monoisotopic (exact) mass is 333 g/mol. The molecule has 0 aliphatic heterocycles. The third-order valence-electron chi connectivity index (χ3n) is 3.77. The molecule has 0 aliphatic carbocycles. The van der Waals surface area contributed by atoms with Crippen molar-refractivity contribution in [2.75, 3.05) is 4.72 Å². The molecule has 122 valence electrons. The van der Waals surface area contributed by atoms with Crippen LogP contribution in [0.2, 0.25) is 0 Å². The molecule has 2 rings (SSSR count). The van der Waals surface area contributed by atoms with Gasteiger partial charge in [-0.15, -0.1) is 0 Å². The Bertz CT molecular complexity index is 798. The highest BCUT2D eigenvalue weighted by molar-refractivity contribution is 7.92. The third-order valence-corrected chi connectivity index (χ3v) is 5.16. The van der Waals surface area contributed by atoms with Gasteiger partial charge in [-0.2, -0.15) is 0 Å². The maximum absolute atomic E-state index is 12.4. The van der Waals surface area contributed by atoms with E-state index >= 15 is 0 Å². The first-order valence-electron chi connectivity index (χ1n) is 7.30. The summed E-state index contributed by atoms with van der Waals surface area (Å²) in [6, 6.07) is 12.5. The van der Waals surface area contributed by atoms with Gasteiger partial charge in [-0.25, -0.2) is 13.2 Å². The summed E-state index contributed by atoms with van der Waals surface area (Å²) in [5.74, 6) is -0.831. The van der Waals surface area contributed by atoms with Gasteiger partial charge in [-0.1, -0.05) is 38.1 Å². The van der Waals surface area contributed by atoms with Gasteiger partial charge in [-0.3, -0.25) is 4.72 Å². The molecule has 0 fully saturated rings. The SMILES string of the molecule is CCC(C)c1ccc(S(=O)(=O)Nc2ccccc2C(=O)O)cc1. The zero-order chi connectivity index (χ0) is 17.0. The summed E-state index contributed by atoms with van der Waals surface area (Å²) in [4.78, 5) is 11.3. The second-order valence-corrected chi connectivity index (χ2v) is 7.02. The van der Waals surface area contributed by atoms with Crippen LogP contribution in [0.25, 0.3) is 0 Å². The van der Waals surface area contributed by atoms with Crippen LogP contribution in [0.5, 0.6) is 0 Å². The van der Waals surface area contributed by atoms with E-state index in [0.29, 0.717) is 5.92 Å². The van der Waals surface area contributed by atoms with Crippen LogP contribution < -0.4 is 4.72 Å². The van der Waals surface area contributed by atoms with Gasteiger partial charge in [0.05, 0.1) is 16.1 Å². The van der Waals surface area contributed by atoms with Crippen LogP contribution in [-0.2, 0) is 10.0 Å². The first-order valence-corrected chi connectivity index (χ1v) is 8.78. The van der Waals surface area contributed by atoms with E-state index in [9.17, 15) is 13.2 Å². The molecule has 1 atom stereocenters. The Balaban J connectivity index is 2.31. The average molecular weight is 333 g/mol. The second-order valence-electron chi connectivity index (χ2n) is 5.33. The molecule has 0 bridgehead atoms. The molecule has 0 amide bonds. The Hall–Kier alpha value is -2.34. The highest BCUT2D eigenvalue weighted by Crippen LogP contribution is 2.23. The fourth-order valence-electron chi connectivity index (χ4n) is 2.17. The van der Waals surface area contributed by atoms with Crippen molar-refractivity contribution >= 4 is 21.7 Å². The Morgan fingerprint density at radius 2 is 1.74 bits per heavy atom. The van der Waals surface area contributed by atoms with Crippen molar-refractivity contribution in [3.05, 3.63) is 59.7 Å². The lowest BCUT2D eigenvalue weighted by atomic mass is 9.99. The van der Waals surface area contributed by atoms with Gasteiger partial charge < -0.3 is 5.11 Å². The number of para-hydroxylation sites is 1. The van der Waals surface area contributed by atoms with Crippen LogP contribution in [0.3, 0.4) is 0 Å². The van der Waals surface area contributed by atoms with Gasteiger partial charge in [-0.05, 0) is 42.2 Å². The number of benzene rings is 2. The zero-order valence-electron chi connectivity index (χ0n) is 13.0. The summed E-state index contributed by atoms with van der Waals surface area (Å²) >= 11 is 0. The molecule has 0 aromatic heterocycles. The summed E-state index contributed by atoms with van der Waals surface area (Å²) in [5.41, 5.74) is 1.02. The van der Waals surface area contributed by atoms with Crippen molar-refractivity contribution in [3.63, 3.8) is 0 Å². The zero-order valence-corrected chi connectivity index (χ0v) is 13.8. The maximum atomic E-state index is 12.4. The van der Waals surface area contributed by atoms with Crippen molar-refractivity contribution < 1.29 is 18.3 Å². The van der Waals surface area contributed by atoms with Gasteiger partial charge in [0.1, 0.15) is 0 Å². The summed E-state index contributed by atoms with van der Waals surface area (Å²) < 4.78 is 27.2. The molecule has 23 heavy (non-hydrogen) atoms. The molecule has 0 heterocycles. The number of hydrogen-bond donors (Lipinski definition) is 2. The maximum Gasteiger partial charge on any atom is 0.337 e. The highest BCUT2D eigenvalue weighted by Gasteiger charge is 2.18. The van der Waals surface area contributed by atoms with Gasteiger partial charge in [0.25, 0.3) is 10.0 Å². The minimum atomic E-state index is -3.83. The number of carboxylic acids is 1. The van der Waals surface area contributed by atoms with Crippen molar-refractivity contribution in [3.8, 4) is 0 Å². The number of carboxylic acid groups (broad SMARTS) is 1. The summed E-state index contributed by atoms with van der Waals surface area (Å²) in [7, 11) is -3.83. The highest BCUT2D eigenvalue weighted by atomic mass is 32.2. The van der Waals surface area contributed by atoms with E-state index in [1.165, 1.54) is 24.3 Å². The second kappa shape index (κ2) is 6.83. The van der Waals surface area contributed by atoms with Crippen LogP contribution >= 0.6 is 0 Å². The fraction of sp³-hybridized carbons (Fsp3) is 0.235. The van der Waals surface area contributed by atoms with Crippen LogP contribution in [0.15, 0.2) is 53.4 Å². The Morgan fingerprint density at radius 1 is 1.13 bits per heavy atom. The molecule has 6 heteroatoms. The number of hydrogen-bond acceptors (Lipinski definition) is 3. The number of aromatic carboxylic acids is 1. The van der Waals surface area contributed by atoms with Crippen molar-refractivity contribution in [2.24, 2.45) is 0 Å². The lowest BCUT2D eigenvalue weighted by Crippen LogP contribution is -2.15. The molecule has 0 spiro atoms. The fourth-order valence-corrected chi connectivity index (χ4v) is 3.25. The lowest BCUT2D eigenvalue weighted by Gasteiger charge is -2.12. The van der Waals surface area contributed by atoms with E-state index in [-0.39, 0.29) is 16.1 Å². The van der Waals surface area contributed by atoms with Crippen LogP contribution in [0.1, 0.15) is 42.1 Å². The molecule has 2 N–H and O–H groups in total. The molecule has 1 unspecified atom stereocenters. The number of nitrogens with one attached hydrogen (secondary N) is 1. The van der Waals surface area contributed by atoms with Crippen molar-refractivity contribution in [1.82, 2.24) is 0 Å². The molecule has 0 saturated carbocycles. The van der Waals surface area contributed by atoms with Crippen LogP contribution in [0.4, 0.5) is 5.69 Å². The Labute approximate surface area is 136 Å². The molecule has 0 aliphatic rings. The quantitative estimate of drug-likeness (QED) is 0.844. The predicted molar refractivity (Wildman–Crippen MR) is 89.4 cm³/mol. The first-order chi connectivity index (χ1) is 10.8. The standard InChI is InChI=1S/C17H19NO4S/c1-3-12(2)13-8-10-14(11-9-13)23(21,22)18-16-7-5-4-6-15(16)17(19)20/h4-12,18H,3H2,1-2H3,(H,19,20).